The van der Waals surface area contributed by atoms with Crippen LogP contribution in [0.1, 0.15) is 0 Å². The third-order valence-electron chi connectivity index (χ3n) is 11.8. The van der Waals surface area contributed by atoms with Crippen LogP contribution in [0, 0.1) is 0 Å². The van der Waals surface area contributed by atoms with Gasteiger partial charge in [-0.05, 0) is 113 Å². The Morgan fingerprint density at radius 3 is 1.64 bits per heavy atom. The van der Waals surface area contributed by atoms with E-state index in [1.54, 1.807) is 0 Å². The molecular weight excluding hydrogens is 665 g/mol. The first-order valence-corrected chi connectivity index (χ1v) is 19.0. The number of rotatable bonds is 4. The molecule has 55 heavy (non-hydrogen) atoms. The second-order valence-electron chi connectivity index (χ2n) is 14.6. The molecule has 2 heteroatoms. The van der Waals surface area contributed by atoms with Crippen LogP contribution in [0.15, 0.2) is 194 Å². The normalized spacial score (nSPS) is 12.0. The first kappa shape index (κ1) is 30.2. The van der Waals surface area contributed by atoms with Gasteiger partial charge in [0.05, 0.1) is 11.0 Å². The van der Waals surface area contributed by atoms with Crippen LogP contribution in [0.25, 0.3) is 115 Å². The molecule has 0 saturated heterocycles. The summed E-state index contributed by atoms with van der Waals surface area (Å²) in [4.78, 5) is 4.39. The number of nitrogens with zero attached hydrogens (tertiary/aromatic N) is 2. The van der Waals surface area contributed by atoms with Crippen LogP contribution < -0.4 is 0 Å². The third kappa shape index (κ3) is 4.28. The summed E-state index contributed by atoms with van der Waals surface area (Å²) in [7, 11) is 0. The van der Waals surface area contributed by atoms with E-state index in [-0.39, 0.29) is 0 Å². The van der Waals surface area contributed by atoms with E-state index in [4.69, 9.17) is 0 Å². The Balaban J connectivity index is 1.08. The maximum absolute atomic E-state index is 4.39. The zero-order valence-electron chi connectivity index (χ0n) is 29.9. The summed E-state index contributed by atoms with van der Waals surface area (Å²) >= 11 is 0. The van der Waals surface area contributed by atoms with Crippen molar-refractivity contribution >= 4 is 54.1 Å². The van der Waals surface area contributed by atoms with Gasteiger partial charge < -0.3 is 4.57 Å². The Bertz CT molecular complexity index is 3250. The summed E-state index contributed by atoms with van der Waals surface area (Å²) in [5.74, 6) is 0. The topological polar surface area (TPSA) is 17.8 Å². The van der Waals surface area contributed by atoms with Crippen LogP contribution in [0.4, 0.5) is 0 Å². The van der Waals surface area contributed by atoms with E-state index >= 15 is 0 Å². The second-order valence-corrected chi connectivity index (χ2v) is 14.6. The lowest BCUT2D eigenvalue weighted by Crippen LogP contribution is -1.94. The quantitative estimate of drug-likeness (QED) is 0.179. The minimum Gasteiger partial charge on any atom is -0.309 e. The fraction of sp³-hybridized carbons (Fsp3) is 0. The molecule has 0 radical (unpaired) electrons. The van der Waals surface area contributed by atoms with Crippen molar-refractivity contribution in [3.8, 4) is 61.3 Å². The summed E-state index contributed by atoms with van der Waals surface area (Å²) in [5, 5.41) is 10.1. The molecule has 0 saturated carbocycles. The number of benzene rings is 9. The number of fused-ring (bicyclic) bond motifs is 9. The van der Waals surface area contributed by atoms with Crippen LogP contribution in [-0.4, -0.2) is 9.55 Å². The van der Waals surface area contributed by atoms with Crippen molar-refractivity contribution in [1.82, 2.24) is 9.55 Å². The van der Waals surface area contributed by atoms with Crippen LogP contribution in [0.5, 0.6) is 0 Å². The standard InChI is InChI=1S/C53H32N2/c1-3-12-34(13-4-1)48-41-16-7-8-17-42(41)49(35-14-5-2-6-15-35)53-45-28-27-38(40-19-11-20-44(50(40)45)52(48)53)33-22-25-37(26-23-33)55-46-21-10-9-18-43(46)51-39-30-31-54-32-36(39)24-29-47(51)55/h1-32H. The summed E-state index contributed by atoms with van der Waals surface area (Å²) < 4.78 is 2.40. The van der Waals surface area contributed by atoms with Crippen molar-refractivity contribution in [2.75, 3.05) is 0 Å². The molecule has 2 nitrogen and oxygen atoms in total. The van der Waals surface area contributed by atoms with Crippen molar-refractivity contribution in [2.24, 2.45) is 0 Å². The van der Waals surface area contributed by atoms with Crippen molar-refractivity contribution < 1.29 is 0 Å². The van der Waals surface area contributed by atoms with E-state index < -0.39 is 0 Å². The minimum absolute atomic E-state index is 1.15. The first-order valence-electron chi connectivity index (χ1n) is 19.0. The molecule has 2 heterocycles. The van der Waals surface area contributed by atoms with Gasteiger partial charge in [0.2, 0.25) is 0 Å². The van der Waals surface area contributed by atoms with Crippen molar-refractivity contribution in [3.63, 3.8) is 0 Å². The Hall–Kier alpha value is -7.29. The highest BCUT2D eigenvalue weighted by molar-refractivity contribution is 6.29. The maximum Gasteiger partial charge on any atom is 0.0547 e. The molecule has 1 aliphatic rings. The monoisotopic (exact) mass is 696 g/mol. The van der Waals surface area contributed by atoms with Crippen LogP contribution >= 0.6 is 0 Å². The van der Waals surface area contributed by atoms with Gasteiger partial charge in [0.1, 0.15) is 0 Å². The Labute approximate surface area is 318 Å². The molecule has 0 unspecified atom stereocenters. The molecule has 0 bridgehead atoms. The Kier molecular flexibility index (Phi) is 6.37. The summed E-state index contributed by atoms with van der Waals surface area (Å²) in [5.41, 5.74) is 16.3. The SMILES string of the molecule is c1ccc(-c2c3c(c(-c4ccccc4)c4ccccc24)-c2ccc(-c4ccc(-n5c6ccccc6c6c7ccncc7ccc65)cc4)c4cccc-3c24)cc1. The van der Waals surface area contributed by atoms with Gasteiger partial charge in [-0.3, -0.25) is 4.98 Å². The van der Waals surface area contributed by atoms with E-state index in [1.807, 2.05) is 12.4 Å². The van der Waals surface area contributed by atoms with Gasteiger partial charge in [-0.15, -0.1) is 0 Å². The molecule has 0 atom stereocenters. The zero-order valence-corrected chi connectivity index (χ0v) is 29.9. The lowest BCUT2D eigenvalue weighted by Gasteiger charge is -2.20. The molecule has 1 aliphatic carbocycles. The third-order valence-corrected chi connectivity index (χ3v) is 11.8. The molecule has 0 fully saturated rings. The summed E-state index contributed by atoms with van der Waals surface area (Å²) in [6.07, 6.45) is 3.85. The summed E-state index contributed by atoms with van der Waals surface area (Å²) in [6, 6.07) is 67.0. The molecular formula is C53H32N2. The second kappa shape index (κ2) is 11.6. The molecule has 11 aromatic rings. The molecule has 0 N–H and O–H groups in total. The highest BCUT2D eigenvalue weighted by Crippen LogP contribution is 2.58. The Morgan fingerprint density at radius 2 is 0.927 bits per heavy atom. The summed E-state index contributed by atoms with van der Waals surface area (Å²) in [6.45, 7) is 0. The Morgan fingerprint density at radius 1 is 0.327 bits per heavy atom. The number of hydrogen-bond acceptors (Lipinski definition) is 1. The smallest absolute Gasteiger partial charge is 0.0547 e. The van der Waals surface area contributed by atoms with Gasteiger partial charge in [-0.2, -0.15) is 0 Å². The fourth-order valence-electron chi connectivity index (χ4n) is 9.57. The van der Waals surface area contributed by atoms with Crippen LogP contribution in [0.2, 0.25) is 0 Å². The highest BCUT2D eigenvalue weighted by atomic mass is 15.0. The number of pyridine rings is 1. The first-order chi connectivity index (χ1) is 27.3. The van der Waals surface area contributed by atoms with Gasteiger partial charge >= 0.3 is 0 Å². The van der Waals surface area contributed by atoms with Gasteiger partial charge in [-0.1, -0.05) is 152 Å². The average Bonchev–Trinajstić information content (AvgIpc) is 3.78. The van der Waals surface area contributed by atoms with Crippen molar-refractivity contribution in [1.29, 1.82) is 0 Å². The van der Waals surface area contributed by atoms with Crippen molar-refractivity contribution in [3.05, 3.63) is 194 Å². The molecule has 2 aromatic heterocycles. The van der Waals surface area contributed by atoms with Crippen LogP contribution in [-0.2, 0) is 0 Å². The molecule has 9 aromatic carbocycles. The van der Waals surface area contributed by atoms with Gasteiger partial charge in [0, 0.05) is 34.2 Å². The van der Waals surface area contributed by atoms with Gasteiger partial charge in [0.15, 0.2) is 0 Å². The van der Waals surface area contributed by atoms with E-state index in [0.29, 0.717) is 0 Å². The number of aromatic nitrogens is 2. The van der Waals surface area contributed by atoms with Gasteiger partial charge in [0.25, 0.3) is 0 Å². The van der Waals surface area contributed by atoms with E-state index in [2.05, 4.69) is 192 Å². The molecule has 254 valence electrons. The molecule has 0 spiro atoms. The van der Waals surface area contributed by atoms with E-state index in [9.17, 15) is 0 Å². The zero-order chi connectivity index (χ0) is 36.0. The lowest BCUT2D eigenvalue weighted by atomic mass is 9.82. The highest BCUT2D eigenvalue weighted by Gasteiger charge is 2.31. The van der Waals surface area contributed by atoms with Crippen LogP contribution in [0.3, 0.4) is 0 Å². The lowest BCUT2D eigenvalue weighted by molar-refractivity contribution is 1.18. The maximum atomic E-state index is 4.39. The number of para-hydroxylation sites is 1. The van der Waals surface area contributed by atoms with E-state index in [1.165, 1.54) is 104 Å². The van der Waals surface area contributed by atoms with Crippen molar-refractivity contribution in [2.45, 2.75) is 0 Å². The molecule has 0 amide bonds. The minimum atomic E-state index is 1.15. The van der Waals surface area contributed by atoms with Gasteiger partial charge in [-0.25, -0.2) is 0 Å². The molecule has 0 aliphatic heterocycles. The predicted octanol–water partition coefficient (Wildman–Crippen LogP) is 14.3. The fourth-order valence-corrected chi connectivity index (χ4v) is 9.57. The largest absolute Gasteiger partial charge is 0.309 e. The molecule has 12 rings (SSSR count). The average molecular weight is 697 g/mol. The number of hydrogen-bond donors (Lipinski definition) is 0. The predicted molar refractivity (Wildman–Crippen MR) is 232 cm³/mol. The van der Waals surface area contributed by atoms with E-state index in [0.717, 1.165) is 11.1 Å².